The van der Waals surface area contributed by atoms with Crippen molar-refractivity contribution in [1.29, 1.82) is 0 Å². The average Bonchev–Trinajstić information content (AvgIpc) is 2.95. The van der Waals surface area contributed by atoms with E-state index in [-0.39, 0.29) is 11.3 Å². The molecule has 1 saturated carbocycles. The normalized spacial score (nSPS) is 22.4. The summed E-state index contributed by atoms with van der Waals surface area (Å²) >= 11 is 0. The van der Waals surface area contributed by atoms with Crippen LogP contribution in [0, 0.1) is 23.1 Å². The van der Waals surface area contributed by atoms with Crippen LogP contribution in [0.3, 0.4) is 0 Å². The average molecular weight is 295 g/mol. The largest absolute Gasteiger partial charge is 0.481 e. The third-order valence-electron chi connectivity index (χ3n) is 3.85. The van der Waals surface area contributed by atoms with Crippen LogP contribution in [0.5, 0.6) is 0 Å². The molecule has 1 aliphatic carbocycles. The van der Waals surface area contributed by atoms with E-state index in [1.54, 1.807) is 13.8 Å². The van der Waals surface area contributed by atoms with Gasteiger partial charge in [0.1, 0.15) is 5.82 Å². The van der Waals surface area contributed by atoms with Gasteiger partial charge in [-0.25, -0.2) is 9.18 Å². The Balaban J connectivity index is 2.15. The highest BCUT2D eigenvalue weighted by Crippen LogP contribution is 2.58. The Labute approximate surface area is 119 Å². The predicted octanol–water partition coefficient (Wildman–Crippen LogP) is 1.82. The third kappa shape index (κ3) is 2.58. The van der Waals surface area contributed by atoms with Gasteiger partial charge in [-0.15, -0.1) is 0 Å². The number of carboxylic acids is 2. The fourth-order valence-corrected chi connectivity index (χ4v) is 2.55. The van der Waals surface area contributed by atoms with Crippen LogP contribution in [-0.4, -0.2) is 28.1 Å². The van der Waals surface area contributed by atoms with Gasteiger partial charge in [-0.2, -0.15) is 0 Å². The van der Waals surface area contributed by atoms with Crippen molar-refractivity contribution in [2.75, 3.05) is 5.32 Å². The highest BCUT2D eigenvalue weighted by molar-refractivity contribution is 6.00. The quantitative estimate of drug-likeness (QED) is 0.786. The molecule has 1 amide bonds. The Morgan fingerprint density at radius 1 is 1.19 bits per heavy atom. The molecule has 112 valence electrons. The minimum absolute atomic E-state index is 0.170. The van der Waals surface area contributed by atoms with Crippen molar-refractivity contribution in [2.24, 2.45) is 17.3 Å². The van der Waals surface area contributed by atoms with Gasteiger partial charge >= 0.3 is 11.9 Å². The summed E-state index contributed by atoms with van der Waals surface area (Å²) < 4.78 is 13.7. The number of hydrogen-bond acceptors (Lipinski definition) is 3. The second-order valence-electron chi connectivity index (χ2n) is 5.60. The zero-order valence-corrected chi connectivity index (χ0v) is 11.4. The Hall–Kier alpha value is -2.44. The summed E-state index contributed by atoms with van der Waals surface area (Å²) in [6.07, 6.45) is 0. The molecule has 1 aromatic rings. The molecule has 0 aliphatic heterocycles. The summed E-state index contributed by atoms with van der Waals surface area (Å²) in [5.41, 5.74) is -1.09. The number of rotatable bonds is 4. The molecule has 0 radical (unpaired) electrons. The van der Waals surface area contributed by atoms with Crippen molar-refractivity contribution in [2.45, 2.75) is 13.8 Å². The summed E-state index contributed by atoms with van der Waals surface area (Å²) in [6.45, 7) is 3.31. The number of halogens is 1. The molecule has 1 aromatic carbocycles. The Morgan fingerprint density at radius 3 is 2.24 bits per heavy atom. The van der Waals surface area contributed by atoms with Gasteiger partial charge in [0.05, 0.1) is 23.1 Å². The Kier molecular flexibility index (Phi) is 3.44. The molecule has 0 unspecified atom stereocenters. The zero-order chi connectivity index (χ0) is 15.9. The molecule has 0 heterocycles. The number of aromatic carboxylic acids is 1. The lowest BCUT2D eigenvalue weighted by Gasteiger charge is -2.07. The molecule has 2 rings (SSSR count). The van der Waals surface area contributed by atoms with Crippen molar-refractivity contribution in [3.8, 4) is 0 Å². The molecular weight excluding hydrogens is 281 g/mol. The van der Waals surface area contributed by atoms with Gasteiger partial charge in [-0.3, -0.25) is 9.59 Å². The number of anilines is 1. The molecule has 6 nitrogen and oxygen atoms in total. The van der Waals surface area contributed by atoms with E-state index < -0.39 is 40.9 Å². The van der Waals surface area contributed by atoms with Gasteiger partial charge in [0, 0.05) is 0 Å². The van der Waals surface area contributed by atoms with Crippen molar-refractivity contribution in [3.05, 3.63) is 29.6 Å². The minimum atomic E-state index is -1.28. The highest BCUT2D eigenvalue weighted by atomic mass is 19.1. The standard InChI is InChI=1S/C14H14FNO5/c1-14(2)9(10(14)13(20)21)11(17)16-8-4-3-6(12(18)19)5-7(8)15/h3-5,9-10H,1-2H3,(H,16,17)(H,18,19)(H,20,21)/t9-,10+/m1/s1. The smallest absolute Gasteiger partial charge is 0.335 e. The van der Waals surface area contributed by atoms with Gasteiger partial charge in [-0.05, 0) is 23.6 Å². The number of carbonyl (C=O) groups is 3. The van der Waals surface area contributed by atoms with Crippen LogP contribution in [0.1, 0.15) is 24.2 Å². The van der Waals surface area contributed by atoms with Crippen LogP contribution in [0.2, 0.25) is 0 Å². The summed E-state index contributed by atoms with van der Waals surface area (Å²) in [6, 6.07) is 3.10. The molecule has 3 N–H and O–H groups in total. The van der Waals surface area contributed by atoms with Gasteiger partial charge in [0.2, 0.25) is 5.91 Å². The maximum absolute atomic E-state index is 13.7. The summed E-state index contributed by atoms with van der Waals surface area (Å²) in [5, 5.41) is 20.0. The number of benzene rings is 1. The topological polar surface area (TPSA) is 104 Å². The van der Waals surface area contributed by atoms with Crippen molar-refractivity contribution >= 4 is 23.5 Å². The molecule has 2 atom stereocenters. The van der Waals surface area contributed by atoms with E-state index in [1.807, 2.05) is 0 Å². The van der Waals surface area contributed by atoms with Gasteiger partial charge in [-0.1, -0.05) is 13.8 Å². The van der Waals surface area contributed by atoms with E-state index in [9.17, 15) is 18.8 Å². The SMILES string of the molecule is CC1(C)[C@H](C(=O)O)[C@@H]1C(=O)Nc1ccc(C(=O)O)cc1F. The first kappa shape index (κ1) is 15.0. The molecule has 0 bridgehead atoms. The van der Waals surface area contributed by atoms with E-state index in [0.717, 1.165) is 18.2 Å². The second kappa shape index (κ2) is 4.83. The third-order valence-corrected chi connectivity index (χ3v) is 3.85. The number of nitrogens with one attached hydrogen (secondary N) is 1. The van der Waals surface area contributed by atoms with Crippen LogP contribution in [-0.2, 0) is 9.59 Å². The van der Waals surface area contributed by atoms with Crippen LogP contribution < -0.4 is 5.32 Å². The fourth-order valence-electron chi connectivity index (χ4n) is 2.55. The molecule has 7 heteroatoms. The Bertz CT molecular complexity index is 640. The van der Waals surface area contributed by atoms with Crippen LogP contribution in [0.4, 0.5) is 10.1 Å². The number of amides is 1. The first-order valence-corrected chi connectivity index (χ1v) is 6.22. The van der Waals surface area contributed by atoms with E-state index in [2.05, 4.69) is 5.32 Å². The maximum Gasteiger partial charge on any atom is 0.335 e. The number of carbonyl (C=O) groups excluding carboxylic acids is 1. The van der Waals surface area contributed by atoms with Crippen LogP contribution in [0.15, 0.2) is 18.2 Å². The lowest BCUT2D eigenvalue weighted by atomic mass is 10.1. The van der Waals surface area contributed by atoms with Crippen LogP contribution >= 0.6 is 0 Å². The predicted molar refractivity (Wildman–Crippen MR) is 70.4 cm³/mol. The molecule has 1 aliphatic rings. The molecule has 0 spiro atoms. The fraction of sp³-hybridized carbons (Fsp3) is 0.357. The van der Waals surface area contributed by atoms with E-state index >= 15 is 0 Å². The molecule has 21 heavy (non-hydrogen) atoms. The lowest BCUT2D eigenvalue weighted by Crippen LogP contribution is -2.18. The van der Waals surface area contributed by atoms with Crippen molar-refractivity contribution in [3.63, 3.8) is 0 Å². The van der Waals surface area contributed by atoms with Crippen molar-refractivity contribution < 1.29 is 29.0 Å². The summed E-state index contributed by atoms with van der Waals surface area (Å²) in [4.78, 5) is 33.7. The molecular formula is C14H14FNO5. The van der Waals surface area contributed by atoms with Gasteiger partial charge < -0.3 is 15.5 Å². The summed E-state index contributed by atoms with van der Waals surface area (Å²) in [5.74, 6) is -5.36. The number of hydrogen-bond donors (Lipinski definition) is 3. The zero-order valence-electron chi connectivity index (χ0n) is 11.4. The number of carboxylic acid groups (broad SMARTS) is 2. The number of aliphatic carboxylic acids is 1. The van der Waals surface area contributed by atoms with Gasteiger partial charge in [0.15, 0.2) is 0 Å². The minimum Gasteiger partial charge on any atom is -0.481 e. The lowest BCUT2D eigenvalue weighted by molar-refractivity contribution is -0.140. The first-order valence-electron chi connectivity index (χ1n) is 6.22. The maximum atomic E-state index is 13.7. The second-order valence-corrected chi connectivity index (χ2v) is 5.60. The van der Waals surface area contributed by atoms with Crippen LogP contribution in [0.25, 0.3) is 0 Å². The Morgan fingerprint density at radius 2 is 1.81 bits per heavy atom. The monoisotopic (exact) mass is 295 g/mol. The molecule has 0 saturated heterocycles. The van der Waals surface area contributed by atoms with Gasteiger partial charge in [0.25, 0.3) is 0 Å². The van der Waals surface area contributed by atoms with E-state index in [1.165, 1.54) is 0 Å². The van der Waals surface area contributed by atoms with E-state index in [0.29, 0.717) is 0 Å². The highest BCUT2D eigenvalue weighted by Gasteiger charge is 2.65. The first-order chi connectivity index (χ1) is 9.66. The molecule has 0 aromatic heterocycles. The summed E-state index contributed by atoms with van der Waals surface area (Å²) in [7, 11) is 0. The van der Waals surface area contributed by atoms with Crippen molar-refractivity contribution in [1.82, 2.24) is 0 Å². The molecule has 1 fully saturated rings. The van der Waals surface area contributed by atoms with E-state index in [4.69, 9.17) is 10.2 Å².